The van der Waals surface area contributed by atoms with Crippen LogP contribution in [0.5, 0.6) is 5.75 Å². The molecule has 0 radical (unpaired) electrons. The van der Waals surface area contributed by atoms with Crippen LogP contribution < -0.4 is 21.3 Å². The van der Waals surface area contributed by atoms with Crippen molar-refractivity contribution in [3.8, 4) is 5.75 Å². The molecule has 3 aromatic rings. The largest absolute Gasteiger partial charge is 0.491 e. The van der Waals surface area contributed by atoms with Gasteiger partial charge in [-0.2, -0.15) is 4.98 Å². The van der Waals surface area contributed by atoms with E-state index < -0.39 is 17.4 Å². The molecular formula is C21H29N5O4. The molecule has 1 unspecified atom stereocenters. The molecule has 2 aromatic heterocycles. The van der Waals surface area contributed by atoms with Gasteiger partial charge in [-0.3, -0.25) is 14.3 Å². The number of nitrogens with zero attached hydrogens (tertiary/aromatic N) is 3. The number of nitrogens with one attached hydrogen (secondary N) is 2. The minimum atomic E-state index is -0.883. The van der Waals surface area contributed by atoms with E-state index in [0.29, 0.717) is 24.2 Å². The Bertz CT molecular complexity index is 1110. The van der Waals surface area contributed by atoms with Crippen LogP contribution in [0.4, 0.5) is 5.95 Å². The van der Waals surface area contributed by atoms with Gasteiger partial charge in [-0.15, -0.1) is 0 Å². The van der Waals surface area contributed by atoms with E-state index in [2.05, 4.69) is 29.1 Å². The molecule has 1 atom stereocenters. The minimum absolute atomic E-state index is 0.0534. The lowest BCUT2D eigenvalue weighted by atomic mass is 10.1. The van der Waals surface area contributed by atoms with Crippen molar-refractivity contribution in [2.24, 2.45) is 13.0 Å². The van der Waals surface area contributed by atoms with Crippen molar-refractivity contribution in [2.45, 2.75) is 39.8 Å². The molecule has 0 spiro atoms. The van der Waals surface area contributed by atoms with Crippen molar-refractivity contribution in [3.05, 3.63) is 50.7 Å². The number of fused-ring (bicyclic) bond motifs is 1. The number of aliphatic hydroxyl groups is 1. The van der Waals surface area contributed by atoms with Crippen LogP contribution in [0.2, 0.25) is 0 Å². The van der Waals surface area contributed by atoms with E-state index in [1.165, 1.54) is 4.57 Å². The summed E-state index contributed by atoms with van der Waals surface area (Å²) in [5.41, 5.74) is 0.550. The third-order valence-electron chi connectivity index (χ3n) is 4.87. The molecular weight excluding hydrogens is 386 g/mol. The predicted molar refractivity (Wildman–Crippen MR) is 116 cm³/mol. The molecule has 162 valence electrons. The molecule has 0 bridgehead atoms. The van der Waals surface area contributed by atoms with Gasteiger partial charge in [-0.05, 0) is 31.4 Å². The first-order valence-electron chi connectivity index (χ1n) is 10.1. The van der Waals surface area contributed by atoms with E-state index in [1.54, 1.807) is 11.6 Å². The fourth-order valence-corrected chi connectivity index (χ4v) is 3.11. The number of rotatable bonds is 9. The van der Waals surface area contributed by atoms with Crippen LogP contribution in [-0.2, 0) is 13.6 Å². The predicted octanol–water partition coefficient (Wildman–Crippen LogP) is 1.63. The number of anilines is 1. The van der Waals surface area contributed by atoms with E-state index in [1.807, 2.05) is 31.2 Å². The van der Waals surface area contributed by atoms with Crippen molar-refractivity contribution in [1.82, 2.24) is 19.1 Å². The van der Waals surface area contributed by atoms with E-state index in [-0.39, 0.29) is 24.3 Å². The van der Waals surface area contributed by atoms with Gasteiger partial charge in [0.1, 0.15) is 18.5 Å². The number of aliphatic hydroxyl groups excluding tert-OH is 1. The maximum Gasteiger partial charge on any atom is 0.329 e. The minimum Gasteiger partial charge on any atom is -0.491 e. The molecule has 0 saturated carbocycles. The molecule has 3 N–H and O–H groups in total. The van der Waals surface area contributed by atoms with Gasteiger partial charge < -0.3 is 19.7 Å². The first kappa shape index (κ1) is 21.6. The van der Waals surface area contributed by atoms with Gasteiger partial charge in [0, 0.05) is 13.6 Å². The number of hydrogen-bond acceptors (Lipinski definition) is 6. The fraction of sp³-hybridized carbons (Fsp3) is 0.476. The molecule has 0 saturated heterocycles. The van der Waals surface area contributed by atoms with Crippen LogP contribution in [0.25, 0.3) is 11.2 Å². The Balaban J connectivity index is 1.85. The molecule has 9 nitrogen and oxygen atoms in total. The van der Waals surface area contributed by atoms with Crippen LogP contribution in [0.1, 0.15) is 25.8 Å². The lowest BCUT2D eigenvalue weighted by molar-refractivity contribution is 0.0938. The SMILES string of the molecule is Cc1ccc(OCC(O)Cn2c(NCCC(C)C)nc3c2c(=O)[nH]c(=O)n3C)cc1. The second kappa shape index (κ2) is 9.17. The summed E-state index contributed by atoms with van der Waals surface area (Å²) in [7, 11) is 1.55. The number of aromatic nitrogens is 4. The zero-order valence-corrected chi connectivity index (χ0v) is 17.8. The molecule has 9 heteroatoms. The average molecular weight is 415 g/mol. The zero-order chi connectivity index (χ0) is 21.8. The summed E-state index contributed by atoms with van der Waals surface area (Å²) in [6.07, 6.45) is 0.0309. The van der Waals surface area contributed by atoms with Gasteiger partial charge in [0.05, 0.1) is 6.54 Å². The molecule has 0 aliphatic carbocycles. The third kappa shape index (κ3) is 4.91. The monoisotopic (exact) mass is 415 g/mol. The van der Waals surface area contributed by atoms with Crippen LogP contribution in [0.15, 0.2) is 33.9 Å². The molecule has 0 aliphatic rings. The van der Waals surface area contributed by atoms with Gasteiger partial charge in [-0.25, -0.2) is 4.79 Å². The Morgan fingerprint density at radius 3 is 2.60 bits per heavy atom. The Labute approximate surface area is 174 Å². The highest BCUT2D eigenvalue weighted by molar-refractivity contribution is 5.74. The third-order valence-corrected chi connectivity index (χ3v) is 4.87. The quantitative estimate of drug-likeness (QED) is 0.489. The van der Waals surface area contributed by atoms with E-state index in [0.717, 1.165) is 12.0 Å². The summed E-state index contributed by atoms with van der Waals surface area (Å²) < 4.78 is 8.56. The summed E-state index contributed by atoms with van der Waals surface area (Å²) in [6.45, 7) is 7.02. The van der Waals surface area contributed by atoms with Crippen LogP contribution >= 0.6 is 0 Å². The molecule has 30 heavy (non-hydrogen) atoms. The van der Waals surface area contributed by atoms with Crippen molar-refractivity contribution in [2.75, 3.05) is 18.5 Å². The second-order valence-electron chi connectivity index (χ2n) is 7.92. The average Bonchev–Trinajstić information content (AvgIpc) is 3.04. The zero-order valence-electron chi connectivity index (χ0n) is 17.8. The smallest absolute Gasteiger partial charge is 0.329 e. The number of benzene rings is 1. The number of aryl methyl sites for hydroxylation is 2. The van der Waals surface area contributed by atoms with Gasteiger partial charge in [0.15, 0.2) is 11.2 Å². The van der Waals surface area contributed by atoms with Crippen molar-refractivity contribution in [1.29, 1.82) is 0 Å². The van der Waals surface area contributed by atoms with Crippen molar-refractivity contribution < 1.29 is 9.84 Å². The normalized spacial score (nSPS) is 12.5. The highest BCUT2D eigenvalue weighted by atomic mass is 16.5. The van der Waals surface area contributed by atoms with Gasteiger partial charge in [0.25, 0.3) is 5.56 Å². The van der Waals surface area contributed by atoms with Gasteiger partial charge in [0.2, 0.25) is 5.95 Å². The highest BCUT2D eigenvalue weighted by Crippen LogP contribution is 2.17. The molecule has 0 fully saturated rings. The number of ether oxygens (including phenoxy) is 1. The fourth-order valence-electron chi connectivity index (χ4n) is 3.11. The second-order valence-corrected chi connectivity index (χ2v) is 7.92. The first-order chi connectivity index (χ1) is 14.3. The Hall–Kier alpha value is -3.07. The number of imidazole rings is 1. The summed E-state index contributed by atoms with van der Waals surface area (Å²) >= 11 is 0. The van der Waals surface area contributed by atoms with Crippen molar-refractivity contribution >= 4 is 17.1 Å². The molecule has 0 amide bonds. The van der Waals surface area contributed by atoms with E-state index >= 15 is 0 Å². The van der Waals surface area contributed by atoms with Crippen molar-refractivity contribution in [3.63, 3.8) is 0 Å². The standard InChI is InChI=1S/C21H29N5O4/c1-13(2)9-10-22-20-23-18-17(19(28)24-21(29)25(18)4)26(20)11-15(27)12-30-16-7-5-14(3)6-8-16/h5-8,13,15,27H,9-12H2,1-4H3,(H,22,23)(H,24,28,29). The molecule has 0 aliphatic heterocycles. The topological polar surface area (TPSA) is 114 Å². The van der Waals surface area contributed by atoms with Crippen LogP contribution in [0.3, 0.4) is 0 Å². The van der Waals surface area contributed by atoms with Crippen LogP contribution in [-0.4, -0.2) is 43.5 Å². The summed E-state index contributed by atoms with van der Waals surface area (Å²) in [5.74, 6) is 1.59. The highest BCUT2D eigenvalue weighted by Gasteiger charge is 2.20. The number of hydrogen-bond donors (Lipinski definition) is 3. The summed E-state index contributed by atoms with van der Waals surface area (Å²) in [4.78, 5) is 31.2. The Morgan fingerprint density at radius 1 is 1.23 bits per heavy atom. The maximum absolute atomic E-state index is 12.5. The summed E-state index contributed by atoms with van der Waals surface area (Å²) in [5, 5.41) is 13.8. The first-order valence-corrected chi connectivity index (χ1v) is 10.1. The molecule has 2 heterocycles. The molecule has 1 aromatic carbocycles. The lowest BCUT2D eigenvalue weighted by Gasteiger charge is -2.16. The van der Waals surface area contributed by atoms with Gasteiger partial charge in [-0.1, -0.05) is 31.5 Å². The Kier molecular flexibility index (Phi) is 6.61. The Morgan fingerprint density at radius 2 is 1.93 bits per heavy atom. The van der Waals surface area contributed by atoms with Crippen LogP contribution in [0, 0.1) is 12.8 Å². The summed E-state index contributed by atoms with van der Waals surface area (Å²) in [6, 6.07) is 7.55. The van der Waals surface area contributed by atoms with E-state index in [9.17, 15) is 14.7 Å². The lowest BCUT2D eigenvalue weighted by Crippen LogP contribution is -2.31. The number of aromatic amines is 1. The molecule has 3 rings (SSSR count). The van der Waals surface area contributed by atoms with Gasteiger partial charge >= 0.3 is 5.69 Å². The number of H-pyrrole nitrogens is 1. The van der Waals surface area contributed by atoms with E-state index in [4.69, 9.17) is 4.74 Å². The maximum atomic E-state index is 12.5.